The number of ether oxygens (including phenoxy) is 3. The maximum absolute atomic E-state index is 5.35. The molecule has 0 saturated carbocycles. The van der Waals surface area contributed by atoms with Crippen LogP contribution in [0.4, 0.5) is 0 Å². The first-order valence-corrected chi connectivity index (χ1v) is 6.69. The van der Waals surface area contributed by atoms with Gasteiger partial charge in [0.15, 0.2) is 17.3 Å². The maximum Gasteiger partial charge on any atom is 0.253 e. The Morgan fingerprint density at radius 1 is 1.05 bits per heavy atom. The molecule has 22 heavy (non-hydrogen) atoms. The monoisotopic (exact) mass is 300 g/mol. The molecule has 0 saturated heterocycles. The Morgan fingerprint density at radius 3 is 2.59 bits per heavy atom. The number of hydrogen-bond donors (Lipinski definition) is 0. The summed E-state index contributed by atoms with van der Waals surface area (Å²) in [5, 5.41) is 4.42. The van der Waals surface area contributed by atoms with E-state index in [1.807, 2.05) is 24.3 Å². The third-order valence-corrected chi connectivity index (χ3v) is 3.24. The van der Waals surface area contributed by atoms with E-state index in [1.165, 1.54) is 0 Å². The molecule has 0 aliphatic rings. The molecule has 0 spiro atoms. The lowest BCUT2D eigenvalue weighted by atomic mass is 10.1. The van der Waals surface area contributed by atoms with Crippen molar-refractivity contribution in [1.82, 2.24) is 19.6 Å². The second-order valence-corrected chi connectivity index (χ2v) is 4.57. The van der Waals surface area contributed by atoms with Crippen LogP contribution in [0.2, 0.25) is 0 Å². The highest BCUT2D eigenvalue weighted by atomic mass is 16.5. The highest BCUT2D eigenvalue weighted by Gasteiger charge is 2.12. The molecule has 0 fully saturated rings. The van der Waals surface area contributed by atoms with E-state index in [9.17, 15) is 0 Å². The lowest BCUT2D eigenvalue weighted by Gasteiger charge is -2.10. The second-order valence-electron chi connectivity index (χ2n) is 4.57. The van der Waals surface area contributed by atoms with Crippen LogP contribution >= 0.6 is 0 Å². The lowest BCUT2D eigenvalue weighted by molar-refractivity contribution is 0.178. The van der Waals surface area contributed by atoms with Crippen molar-refractivity contribution in [2.24, 2.45) is 0 Å². The molecule has 7 heteroatoms. The quantitative estimate of drug-likeness (QED) is 0.717. The van der Waals surface area contributed by atoms with Gasteiger partial charge < -0.3 is 14.2 Å². The highest BCUT2D eigenvalue weighted by molar-refractivity contribution is 5.65. The Bertz CT molecular complexity index is 801. The standard InChI is InChI=1S/C15H16N4O3/c1-20-9-14-17-15-16-7-6-11(19(15)18-14)10-4-5-12(21-2)13(8-10)22-3/h4-8H,9H2,1-3H3. The predicted octanol–water partition coefficient (Wildman–Crippen LogP) is 1.95. The van der Waals surface area contributed by atoms with Gasteiger partial charge in [-0.2, -0.15) is 9.50 Å². The first-order valence-electron chi connectivity index (χ1n) is 6.69. The van der Waals surface area contributed by atoms with Crippen LogP contribution in [0.25, 0.3) is 17.0 Å². The molecular weight excluding hydrogens is 284 g/mol. The summed E-state index contributed by atoms with van der Waals surface area (Å²) in [6.07, 6.45) is 1.70. The van der Waals surface area contributed by atoms with Gasteiger partial charge in [0.05, 0.1) is 19.9 Å². The third-order valence-electron chi connectivity index (χ3n) is 3.24. The Kier molecular flexibility index (Phi) is 3.88. The topological polar surface area (TPSA) is 70.8 Å². The summed E-state index contributed by atoms with van der Waals surface area (Å²) in [4.78, 5) is 8.55. The van der Waals surface area contributed by atoms with Gasteiger partial charge in [0.2, 0.25) is 0 Å². The van der Waals surface area contributed by atoms with Crippen LogP contribution in [-0.2, 0) is 11.3 Å². The minimum Gasteiger partial charge on any atom is -0.493 e. The first kappa shape index (κ1) is 14.3. The molecule has 0 N–H and O–H groups in total. The van der Waals surface area contributed by atoms with Crippen LogP contribution in [0.15, 0.2) is 30.5 Å². The normalized spacial score (nSPS) is 10.9. The van der Waals surface area contributed by atoms with Crippen LogP contribution in [0.3, 0.4) is 0 Å². The zero-order valence-electron chi connectivity index (χ0n) is 12.6. The van der Waals surface area contributed by atoms with Crippen LogP contribution in [0, 0.1) is 0 Å². The minimum absolute atomic E-state index is 0.342. The summed E-state index contributed by atoms with van der Waals surface area (Å²) in [7, 11) is 4.82. The van der Waals surface area contributed by atoms with Crippen molar-refractivity contribution in [2.75, 3.05) is 21.3 Å². The summed E-state index contributed by atoms with van der Waals surface area (Å²) >= 11 is 0. The van der Waals surface area contributed by atoms with E-state index in [2.05, 4.69) is 15.1 Å². The van der Waals surface area contributed by atoms with Crippen LogP contribution in [-0.4, -0.2) is 40.9 Å². The van der Waals surface area contributed by atoms with E-state index >= 15 is 0 Å². The Hall–Kier alpha value is -2.67. The SMILES string of the molecule is COCc1nc2nccc(-c3ccc(OC)c(OC)c3)n2n1. The zero-order chi connectivity index (χ0) is 15.5. The molecule has 2 aromatic heterocycles. The highest BCUT2D eigenvalue weighted by Crippen LogP contribution is 2.32. The fourth-order valence-corrected chi connectivity index (χ4v) is 2.24. The van der Waals surface area contributed by atoms with Crippen molar-refractivity contribution in [3.05, 3.63) is 36.3 Å². The van der Waals surface area contributed by atoms with Gasteiger partial charge >= 0.3 is 0 Å². The van der Waals surface area contributed by atoms with Crippen molar-refractivity contribution >= 4 is 5.78 Å². The molecule has 0 bridgehead atoms. The van der Waals surface area contributed by atoms with Crippen molar-refractivity contribution in [3.8, 4) is 22.8 Å². The van der Waals surface area contributed by atoms with E-state index < -0.39 is 0 Å². The summed E-state index contributed by atoms with van der Waals surface area (Å²) in [6, 6.07) is 7.56. The largest absolute Gasteiger partial charge is 0.493 e. The Labute approximate surface area is 127 Å². The summed E-state index contributed by atoms with van der Waals surface area (Å²) in [6.45, 7) is 0.342. The van der Waals surface area contributed by atoms with Gasteiger partial charge in [-0.15, -0.1) is 5.10 Å². The van der Waals surface area contributed by atoms with Gasteiger partial charge in [0.25, 0.3) is 5.78 Å². The Balaban J connectivity index is 2.13. The molecule has 0 aliphatic carbocycles. The van der Waals surface area contributed by atoms with E-state index in [4.69, 9.17) is 14.2 Å². The number of nitrogens with zero attached hydrogens (tertiary/aromatic N) is 4. The molecule has 7 nitrogen and oxygen atoms in total. The average molecular weight is 300 g/mol. The van der Waals surface area contributed by atoms with Gasteiger partial charge in [-0.1, -0.05) is 0 Å². The molecule has 0 amide bonds. The summed E-state index contributed by atoms with van der Waals surface area (Å²) < 4.78 is 17.4. The number of hydrogen-bond acceptors (Lipinski definition) is 6. The molecule has 3 aromatic rings. The number of rotatable bonds is 5. The number of methoxy groups -OCH3 is 3. The van der Waals surface area contributed by atoms with Crippen molar-refractivity contribution in [2.45, 2.75) is 6.61 Å². The summed E-state index contributed by atoms with van der Waals surface area (Å²) in [5.74, 6) is 2.44. The molecular formula is C15H16N4O3. The van der Waals surface area contributed by atoms with Gasteiger partial charge in [0.1, 0.15) is 6.61 Å². The van der Waals surface area contributed by atoms with Crippen LogP contribution < -0.4 is 9.47 Å². The first-order chi connectivity index (χ1) is 10.8. The lowest BCUT2D eigenvalue weighted by Crippen LogP contribution is -1.98. The fourth-order valence-electron chi connectivity index (χ4n) is 2.24. The van der Waals surface area contributed by atoms with Gasteiger partial charge in [-0.3, -0.25) is 0 Å². The van der Waals surface area contributed by atoms with Crippen molar-refractivity contribution < 1.29 is 14.2 Å². The van der Waals surface area contributed by atoms with Crippen molar-refractivity contribution in [3.63, 3.8) is 0 Å². The number of benzene rings is 1. The van der Waals surface area contributed by atoms with Gasteiger partial charge in [-0.05, 0) is 24.3 Å². The fraction of sp³-hybridized carbons (Fsp3) is 0.267. The Morgan fingerprint density at radius 2 is 1.86 bits per heavy atom. The van der Waals surface area contributed by atoms with E-state index in [0.29, 0.717) is 29.7 Å². The number of aromatic nitrogens is 4. The van der Waals surface area contributed by atoms with Gasteiger partial charge in [0, 0.05) is 18.9 Å². The summed E-state index contributed by atoms with van der Waals surface area (Å²) in [5.41, 5.74) is 1.79. The smallest absolute Gasteiger partial charge is 0.253 e. The molecule has 114 valence electrons. The minimum atomic E-state index is 0.342. The predicted molar refractivity (Wildman–Crippen MR) is 80.0 cm³/mol. The van der Waals surface area contributed by atoms with Crippen LogP contribution in [0.1, 0.15) is 5.82 Å². The molecule has 0 atom stereocenters. The van der Waals surface area contributed by atoms with Gasteiger partial charge in [-0.25, -0.2) is 4.98 Å². The van der Waals surface area contributed by atoms with E-state index in [0.717, 1.165) is 11.3 Å². The van der Waals surface area contributed by atoms with E-state index in [1.54, 1.807) is 32.0 Å². The molecule has 2 heterocycles. The number of fused-ring (bicyclic) bond motifs is 1. The molecule has 0 radical (unpaired) electrons. The maximum atomic E-state index is 5.35. The zero-order valence-corrected chi connectivity index (χ0v) is 12.6. The van der Waals surface area contributed by atoms with Crippen LogP contribution in [0.5, 0.6) is 11.5 Å². The van der Waals surface area contributed by atoms with E-state index in [-0.39, 0.29) is 0 Å². The van der Waals surface area contributed by atoms with Crippen molar-refractivity contribution in [1.29, 1.82) is 0 Å². The molecule has 3 rings (SSSR count). The average Bonchev–Trinajstić information content (AvgIpc) is 2.97. The molecule has 1 aromatic carbocycles. The second kappa shape index (κ2) is 5.98. The third kappa shape index (κ3) is 2.46. The molecule has 0 aliphatic heterocycles. The molecule has 0 unspecified atom stereocenters.